The molecule has 0 heterocycles. The second-order valence-electron chi connectivity index (χ2n) is 0.918. The number of carbonyl (C=O) groups excluding carboxylic acids is 1. The molecule has 0 saturated heterocycles. The van der Waals surface area contributed by atoms with E-state index in [4.69, 9.17) is 5.26 Å². The number of Topliss-reactive ketones (excluding diaryl/α,β-unsaturated/α-hetero) is 1. The van der Waals surface area contributed by atoms with Crippen LogP contribution in [0.1, 0.15) is 6.92 Å². The highest BCUT2D eigenvalue weighted by Gasteiger charge is 1.74. The topological polar surface area (TPSA) is 40.9 Å². The number of hydrogen-bond acceptors (Lipinski definition) is 2. The van der Waals surface area contributed by atoms with Gasteiger partial charge in [0, 0.05) is 12.8 Å². The van der Waals surface area contributed by atoms with Gasteiger partial charge >= 0.3 is 0 Å². The zero-order chi connectivity index (χ0) is 5.70. The molecule has 0 aliphatic heterocycles. The highest BCUT2D eigenvalue weighted by atomic mass is 16.1. The number of nitrogens with zero attached hydrogens (tertiary/aromatic N) is 1. The van der Waals surface area contributed by atoms with E-state index in [0.717, 1.165) is 0 Å². The summed E-state index contributed by atoms with van der Waals surface area (Å²) in [4.78, 5) is 9.88. The largest absolute Gasteiger partial charge is 0.285 e. The number of nitriles is 1. The molecule has 0 aliphatic carbocycles. The molecule has 0 spiro atoms. The van der Waals surface area contributed by atoms with Gasteiger partial charge in [0.1, 0.15) is 0 Å². The molecule has 2 heteroatoms. The summed E-state index contributed by atoms with van der Waals surface area (Å²) in [6.07, 6.45) is 0. The number of carbonyl (C=O) groups is 1. The van der Waals surface area contributed by atoms with E-state index in [2.05, 4.69) is 0 Å². The van der Waals surface area contributed by atoms with Gasteiger partial charge in [-0.1, -0.05) is 0 Å². The van der Waals surface area contributed by atoms with Crippen LogP contribution in [0, 0.1) is 23.2 Å². The van der Waals surface area contributed by atoms with Crippen molar-refractivity contribution in [3.05, 3.63) is 0 Å². The minimum atomic E-state index is -0.276. The molecule has 0 rings (SSSR count). The summed E-state index contributed by atoms with van der Waals surface area (Å²) in [5, 5.41) is 7.74. The molecule has 34 valence electrons. The van der Waals surface area contributed by atoms with Gasteiger partial charge < -0.3 is 0 Å². The molecular weight excluding hydrogens is 90.1 g/mol. The van der Waals surface area contributed by atoms with Crippen molar-refractivity contribution in [1.29, 1.82) is 5.26 Å². The minimum absolute atomic E-state index is 0.276. The minimum Gasteiger partial charge on any atom is -0.285 e. The van der Waals surface area contributed by atoms with Gasteiger partial charge in [0.25, 0.3) is 0 Å². The average Bonchev–Trinajstić information content (AvgIpc) is 1.61. The number of ketones is 1. The molecule has 0 aromatic rings. The fraction of sp³-hybridized carbons (Fsp3) is 0.200. The van der Waals surface area contributed by atoms with Crippen molar-refractivity contribution >= 4 is 5.78 Å². The Kier molecular flexibility index (Phi) is 2.40. The predicted octanol–water partition coefficient (Wildman–Crippen LogP) is 0.102. The molecule has 0 unspecified atom stereocenters. The Balaban J connectivity index is 3.74. The third-order valence-electron chi connectivity index (χ3n) is 0.294. The van der Waals surface area contributed by atoms with Gasteiger partial charge in [0.15, 0.2) is 6.07 Å². The second kappa shape index (κ2) is 2.93. The quantitative estimate of drug-likeness (QED) is 0.315. The van der Waals surface area contributed by atoms with Crippen LogP contribution in [0.2, 0.25) is 0 Å². The first-order valence-corrected chi connectivity index (χ1v) is 1.68. The van der Waals surface area contributed by atoms with Crippen LogP contribution in [0.5, 0.6) is 0 Å². The summed E-state index contributed by atoms with van der Waals surface area (Å²) in [5.41, 5.74) is 0. The zero-order valence-corrected chi connectivity index (χ0v) is 3.86. The van der Waals surface area contributed by atoms with Crippen molar-refractivity contribution in [3.8, 4) is 17.9 Å². The first kappa shape index (κ1) is 5.72. The summed E-state index contributed by atoms with van der Waals surface area (Å²) in [6.45, 7) is 1.31. The highest BCUT2D eigenvalue weighted by Crippen LogP contribution is 1.57. The van der Waals surface area contributed by atoms with Gasteiger partial charge in [0.2, 0.25) is 5.78 Å². The first-order chi connectivity index (χ1) is 3.27. The number of rotatable bonds is 0. The summed E-state index contributed by atoms with van der Waals surface area (Å²) < 4.78 is 0. The molecule has 0 atom stereocenters. The Hall–Kier alpha value is -1.28. The van der Waals surface area contributed by atoms with E-state index in [0.29, 0.717) is 0 Å². The van der Waals surface area contributed by atoms with Crippen LogP contribution in [0.3, 0.4) is 0 Å². The smallest absolute Gasteiger partial charge is 0.203 e. The Bertz CT molecular complexity index is 165. The Morgan fingerprint density at radius 2 is 2.29 bits per heavy atom. The van der Waals surface area contributed by atoms with E-state index in [1.807, 2.05) is 11.8 Å². The van der Waals surface area contributed by atoms with Gasteiger partial charge in [-0.15, -0.1) is 0 Å². The lowest BCUT2D eigenvalue weighted by Gasteiger charge is -1.60. The van der Waals surface area contributed by atoms with E-state index in [1.165, 1.54) is 13.0 Å². The van der Waals surface area contributed by atoms with Crippen molar-refractivity contribution in [2.24, 2.45) is 0 Å². The third kappa shape index (κ3) is 4.72. The van der Waals surface area contributed by atoms with Crippen LogP contribution in [0.15, 0.2) is 0 Å². The standard InChI is InChI=1S/C5H3NO/c1-5(7)3-2-4-6/h1H3. The molecule has 7 heavy (non-hydrogen) atoms. The maximum atomic E-state index is 9.88. The van der Waals surface area contributed by atoms with Gasteiger partial charge in [-0.3, -0.25) is 4.79 Å². The molecule has 0 bridgehead atoms. The van der Waals surface area contributed by atoms with Gasteiger partial charge in [-0.2, -0.15) is 5.26 Å². The number of hydrogen-bond donors (Lipinski definition) is 0. The Morgan fingerprint density at radius 1 is 1.71 bits per heavy atom. The van der Waals surface area contributed by atoms with Gasteiger partial charge in [0.05, 0.1) is 0 Å². The Morgan fingerprint density at radius 3 is 2.43 bits per heavy atom. The maximum absolute atomic E-state index is 9.88. The van der Waals surface area contributed by atoms with Crippen LogP contribution in [-0.2, 0) is 4.79 Å². The molecule has 2 nitrogen and oxygen atoms in total. The Labute approximate surface area is 41.8 Å². The van der Waals surface area contributed by atoms with Crippen molar-refractivity contribution in [2.75, 3.05) is 0 Å². The molecule has 0 N–H and O–H groups in total. The molecule has 0 radical (unpaired) electrons. The second-order valence-corrected chi connectivity index (χ2v) is 0.918. The lowest BCUT2D eigenvalue weighted by atomic mass is 10.4. The van der Waals surface area contributed by atoms with E-state index in [9.17, 15) is 4.79 Å². The van der Waals surface area contributed by atoms with E-state index < -0.39 is 0 Å². The van der Waals surface area contributed by atoms with E-state index in [-0.39, 0.29) is 5.78 Å². The molecule has 0 saturated carbocycles. The first-order valence-electron chi connectivity index (χ1n) is 1.68. The molecular formula is C5H3NO. The van der Waals surface area contributed by atoms with Crippen molar-refractivity contribution in [3.63, 3.8) is 0 Å². The zero-order valence-electron chi connectivity index (χ0n) is 3.86. The van der Waals surface area contributed by atoms with Crippen LogP contribution < -0.4 is 0 Å². The van der Waals surface area contributed by atoms with E-state index >= 15 is 0 Å². The third-order valence-corrected chi connectivity index (χ3v) is 0.294. The average molecular weight is 93.1 g/mol. The van der Waals surface area contributed by atoms with Crippen LogP contribution in [0.25, 0.3) is 0 Å². The summed E-state index contributed by atoms with van der Waals surface area (Å²) in [6, 6.07) is 1.52. The molecule has 0 aromatic heterocycles. The van der Waals surface area contributed by atoms with Crippen molar-refractivity contribution in [1.82, 2.24) is 0 Å². The van der Waals surface area contributed by atoms with Gasteiger partial charge in [-0.25, -0.2) is 0 Å². The van der Waals surface area contributed by atoms with Crippen molar-refractivity contribution < 1.29 is 4.79 Å². The summed E-state index contributed by atoms with van der Waals surface area (Å²) in [5.74, 6) is 3.72. The van der Waals surface area contributed by atoms with Crippen LogP contribution >= 0.6 is 0 Å². The SMILES string of the molecule is CC(=O)C#CC#N. The summed E-state index contributed by atoms with van der Waals surface area (Å²) in [7, 11) is 0. The molecule has 0 amide bonds. The van der Waals surface area contributed by atoms with Gasteiger partial charge in [-0.05, 0) is 5.92 Å². The van der Waals surface area contributed by atoms with Crippen LogP contribution in [0.4, 0.5) is 0 Å². The monoisotopic (exact) mass is 93.0 g/mol. The van der Waals surface area contributed by atoms with Crippen LogP contribution in [-0.4, -0.2) is 5.78 Å². The molecule has 0 fully saturated rings. The van der Waals surface area contributed by atoms with Crippen molar-refractivity contribution in [2.45, 2.75) is 6.92 Å². The summed E-state index contributed by atoms with van der Waals surface area (Å²) >= 11 is 0. The maximum Gasteiger partial charge on any atom is 0.203 e. The lowest BCUT2D eigenvalue weighted by Crippen LogP contribution is -1.78. The highest BCUT2D eigenvalue weighted by molar-refractivity contribution is 5.93. The normalized spacial score (nSPS) is 5.14. The van der Waals surface area contributed by atoms with E-state index in [1.54, 1.807) is 0 Å². The predicted molar refractivity (Wildman–Crippen MR) is 24.1 cm³/mol. The lowest BCUT2D eigenvalue weighted by molar-refractivity contribution is -0.111. The fourth-order valence-electron chi connectivity index (χ4n) is 0.116. The fourth-order valence-corrected chi connectivity index (χ4v) is 0.116. The molecule has 0 aromatic carbocycles. The molecule has 0 aliphatic rings.